The first-order valence-electron chi connectivity index (χ1n) is 9.51. The first-order valence-corrected chi connectivity index (χ1v) is 11.4. The van der Waals surface area contributed by atoms with E-state index < -0.39 is 0 Å². The normalized spacial score (nSPS) is 43.9. The van der Waals surface area contributed by atoms with E-state index >= 15 is 0 Å². The molecule has 6 atom stereocenters. The van der Waals surface area contributed by atoms with E-state index in [1.165, 1.54) is 77.0 Å². The average molecular weight is 343 g/mol. The predicted octanol–water partition coefficient (Wildman–Crippen LogP) is 4.30. The van der Waals surface area contributed by atoms with Crippen LogP contribution in [0.25, 0.3) is 0 Å². The molecule has 0 aromatic carbocycles. The summed E-state index contributed by atoms with van der Waals surface area (Å²) in [6.07, 6.45) is 16.3. The van der Waals surface area contributed by atoms with Gasteiger partial charge in [0.1, 0.15) is 0 Å². The summed E-state index contributed by atoms with van der Waals surface area (Å²) < 4.78 is 0. The standard InChI is InChI=1S/C18H34N2S2/c19-13-4-1-6-15(10-13)21-17-8-3-9-18(12-17)22-16-7-2-5-14(20)11-16/h13-18H,1-12,19-20H2. The molecule has 0 saturated heterocycles. The van der Waals surface area contributed by atoms with Gasteiger partial charge in [0, 0.05) is 33.1 Å². The lowest BCUT2D eigenvalue weighted by Gasteiger charge is -2.36. The highest BCUT2D eigenvalue weighted by molar-refractivity contribution is 8.01. The first-order chi connectivity index (χ1) is 10.7. The molecule has 4 heteroatoms. The molecule has 22 heavy (non-hydrogen) atoms. The SMILES string of the molecule is NC1CCCC(SC2CCCC(SC3CCCC(N)C3)C2)C1. The second-order valence-corrected chi connectivity index (χ2v) is 11.0. The Morgan fingerprint density at radius 2 is 0.864 bits per heavy atom. The van der Waals surface area contributed by atoms with Crippen LogP contribution in [0.3, 0.4) is 0 Å². The molecule has 3 saturated carbocycles. The predicted molar refractivity (Wildman–Crippen MR) is 102 cm³/mol. The smallest absolute Gasteiger partial charge is 0.00645 e. The lowest BCUT2D eigenvalue weighted by atomic mass is 9.96. The summed E-state index contributed by atoms with van der Waals surface area (Å²) in [5.74, 6) is 0. The van der Waals surface area contributed by atoms with Gasteiger partial charge in [-0.3, -0.25) is 0 Å². The number of hydrogen-bond donors (Lipinski definition) is 2. The lowest BCUT2D eigenvalue weighted by Crippen LogP contribution is -2.32. The highest BCUT2D eigenvalue weighted by atomic mass is 32.2. The van der Waals surface area contributed by atoms with Gasteiger partial charge >= 0.3 is 0 Å². The van der Waals surface area contributed by atoms with E-state index in [1.807, 2.05) is 0 Å². The molecule has 0 bridgehead atoms. The molecule has 0 aromatic rings. The molecule has 3 aliphatic carbocycles. The van der Waals surface area contributed by atoms with Crippen LogP contribution in [0, 0.1) is 0 Å². The summed E-state index contributed by atoms with van der Waals surface area (Å²) in [6.45, 7) is 0. The van der Waals surface area contributed by atoms with Gasteiger partial charge in [0.15, 0.2) is 0 Å². The van der Waals surface area contributed by atoms with Crippen LogP contribution in [0.2, 0.25) is 0 Å². The van der Waals surface area contributed by atoms with E-state index in [-0.39, 0.29) is 0 Å². The summed E-state index contributed by atoms with van der Waals surface area (Å²) >= 11 is 4.59. The van der Waals surface area contributed by atoms with Crippen molar-refractivity contribution >= 4 is 23.5 Å². The Hall–Kier alpha value is 0.620. The number of rotatable bonds is 4. The Morgan fingerprint density at radius 1 is 0.500 bits per heavy atom. The van der Waals surface area contributed by atoms with Gasteiger partial charge in [0.25, 0.3) is 0 Å². The fourth-order valence-electron chi connectivity index (χ4n) is 4.50. The summed E-state index contributed by atoms with van der Waals surface area (Å²) in [4.78, 5) is 0. The lowest BCUT2D eigenvalue weighted by molar-refractivity contribution is 0.443. The van der Waals surface area contributed by atoms with Crippen molar-refractivity contribution in [3.05, 3.63) is 0 Å². The molecule has 0 heterocycles. The molecule has 3 aliphatic rings. The van der Waals surface area contributed by atoms with E-state index in [2.05, 4.69) is 23.5 Å². The van der Waals surface area contributed by atoms with Crippen LogP contribution in [0.15, 0.2) is 0 Å². The quantitative estimate of drug-likeness (QED) is 0.799. The zero-order valence-corrected chi connectivity index (χ0v) is 15.6. The molecule has 0 aromatic heterocycles. The number of hydrogen-bond acceptors (Lipinski definition) is 4. The van der Waals surface area contributed by atoms with Gasteiger partial charge in [-0.2, -0.15) is 23.5 Å². The maximum atomic E-state index is 6.16. The molecule has 128 valence electrons. The first kappa shape index (κ1) is 17.4. The Kier molecular flexibility index (Phi) is 6.85. The summed E-state index contributed by atoms with van der Waals surface area (Å²) in [7, 11) is 0. The van der Waals surface area contributed by atoms with Gasteiger partial charge in [-0.1, -0.05) is 19.3 Å². The van der Waals surface area contributed by atoms with Crippen LogP contribution in [-0.2, 0) is 0 Å². The maximum Gasteiger partial charge on any atom is 0.00645 e. The van der Waals surface area contributed by atoms with Gasteiger partial charge in [0.05, 0.1) is 0 Å². The second-order valence-electron chi connectivity index (χ2n) is 7.78. The van der Waals surface area contributed by atoms with Crippen molar-refractivity contribution in [1.29, 1.82) is 0 Å². The van der Waals surface area contributed by atoms with Gasteiger partial charge in [0.2, 0.25) is 0 Å². The number of nitrogens with two attached hydrogens (primary N) is 2. The Labute approximate surface area is 145 Å². The molecule has 0 radical (unpaired) electrons. The van der Waals surface area contributed by atoms with E-state index in [0.717, 1.165) is 21.0 Å². The van der Waals surface area contributed by atoms with Gasteiger partial charge in [-0.15, -0.1) is 0 Å². The second kappa shape index (κ2) is 8.64. The molecular formula is C18H34N2S2. The van der Waals surface area contributed by atoms with Crippen LogP contribution in [0.1, 0.15) is 77.0 Å². The van der Waals surface area contributed by atoms with Crippen molar-refractivity contribution in [2.24, 2.45) is 11.5 Å². The van der Waals surface area contributed by atoms with E-state index in [1.54, 1.807) is 0 Å². The largest absolute Gasteiger partial charge is 0.328 e. The third kappa shape index (κ3) is 5.32. The molecule has 4 N–H and O–H groups in total. The minimum absolute atomic E-state index is 0.476. The average Bonchev–Trinajstić information content (AvgIpc) is 2.47. The van der Waals surface area contributed by atoms with Crippen molar-refractivity contribution in [2.45, 2.75) is 110 Å². The zero-order valence-electron chi connectivity index (χ0n) is 13.9. The van der Waals surface area contributed by atoms with Gasteiger partial charge in [-0.25, -0.2) is 0 Å². The summed E-state index contributed by atoms with van der Waals surface area (Å²) in [6, 6.07) is 0.951. The van der Waals surface area contributed by atoms with Crippen LogP contribution in [-0.4, -0.2) is 33.1 Å². The van der Waals surface area contributed by atoms with Crippen molar-refractivity contribution < 1.29 is 0 Å². The van der Waals surface area contributed by atoms with Crippen LogP contribution >= 0.6 is 23.5 Å². The molecule has 3 fully saturated rings. The monoisotopic (exact) mass is 342 g/mol. The molecule has 3 rings (SSSR count). The Bertz CT molecular complexity index is 309. The van der Waals surface area contributed by atoms with Crippen LogP contribution in [0.5, 0.6) is 0 Å². The van der Waals surface area contributed by atoms with Crippen LogP contribution < -0.4 is 11.5 Å². The van der Waals surface area contributed by atoms with Crippen molar-refractivity contribution in [3.63, 3.8) is 0 Å². The van der Waals surface area contributed by atoms with Crippen molar-refractivity contribution in [1.82, 2.24) is 0 Å². The third-order valence-electron chi connectivity index (χ3n) is 5.68. The Balaban J connectivity index is 1.42. The highest BCUT2D eigenvalue weighted by Crippen LogP contribution is 2.42. The van der Waals surface area contributed by atoms with E-state index in [9.17, 15) is 0 Å². The minimum Gasteiger partial charge on any atom is -0.328 e. The Morgan fingerprint density at radius 3 is 1.27 bits per heavy atom. The summed E-state index contributed by atoms with van der Waals surface area (Å²) in [5.41, 5.74) is 12.3. The highest BCUT2D eigenvalue weighted by Gasteiger charge is 2.30. The van der Waals surface area contributed by atoms with E-state index in [4.69, 9.17) is 11.5 Å². The fourth-order valence-corrected chi connectivity index (χ4v) is 8.33. The van der Waals surface area contributed by atoms with Gasteiger partial charge in [-0.05, 0) is 57.8 Å². The molecular weight excluding hydrogens is 308 g/mol. The van der Waals surface area contributed by atoms with Crippen LogP contribution in [0.4, 0.5) is 0 Å². The molecule has 2 nitrogen and oxygen atoms in total. The van der Waals surface area contributed by atoms with Gasteiger partial charge < -0.3 is 11.5 Å². The minimum atomic E-state index is 0.476. The third-order valence-corrected chi connectivity index (χ3v) is 8.93. The zero-order chi connectivity index (χ0) is 15.4. The van der Waals surface area contributed by atoms with Crippen molar-refractivity contribution in [2.75, 3.05) is 0 Å². The molecule has 0 amide bonds. The molecule has 6 unspecified atom stereocenters. The number of thioether (sulfide) groups is 2. The summed E-state index contributed by atoms with van der Waals surface area (Å²) in [5, 5.41) is 3.50. The topological polar surface area (TPSA) is 52.0 Å². The molecule has 0 aliphatic heterocycles. The van der Waals surface area contributed by atoms with Crippen molar-refractivity contribution in [3.8, 4) is 0 Å². The molecule has 0 spiro atoms. The fraction of sp³-hybridized carbons (Fsp3) is 1.00. The maximum absolute atomic E-state index is 6.16. The van der Waals surface area contributed by atoms with E-state index in [0.29, 0.717) is 12.1 Å².